The molecule has 1 heterocycles. The minimum absolute atomic E-state index is 0.0225. The minimum atomic E-state index is -2.57. The Balaban J connectivity index is 2.30. The fraction of sp³-hybridized carbons (Fsp3) is 0.909. The summed E-state index contributed by atoms with van der Waals surface area (Å²) in [5, 5.41) is 8.49. The standard InChI is InChI=1S/C11H19F2NO2/c1-9(4-2-5-10(15)16)14-7-3-6-11(12,13)8-14/h9H,2-8H2,1H3,(H,15,16). The van der Waals surface area contributed by atoms with Crippen molar-refractivity contribution in [1.29, 1.82) is 0 Å². The van der Waals surface area contributed by atoms with Crippen molar-refractivity contribution in [2.75, 3.05) is 13.1 Å². The van der Waals surface area contributed by atoms with E-state index < -0.39 is 11.9 Å². The zero-order valence-corrected chi connectivity index (χ0v) is 9.59. The van der Waals surface area contributed by atoms with Gasteiger partial charge in [-0.2, -0.15) is 0 Å². The van der Waals surface area contributed by atoms with Gasteiger partial charge >= 0.3 is 5.97 Å². The monoisotopic (exact) mass is 235 g/mol. The summed E-state index contributed by atoms with van der Waals surface area (Å²) in [6.45, 7) is 2.41. The maximum Gasteiger partial charge on any atom is 0.303 e. The summed E-state index contributed by atoms with van der Waals surface area (Å²) in [6.07, 6.45) is 1.84. The van der Waals surface area contributed by atoms with Crippen LogP contribution < -0.4 is 0 Å². The Hall–Kier alpha value is -0.710. The van der Waals surface area contributed by atoms with Gasteiger partial charge in [0, 0.05) is 18.9 Å². The molecule has 0 saturated carbocycles. The second-order valence-corrected chi connectivity index (χ2v) is 4.56. The molecule has 1 aliphatic rings. The van der Waals surface area contributed by atoms with Crippen molar-refractivity contribution >= 4 is 5.97 Å². The number of carbonyl (C=O) groups is 1. The molecule has 1 aliphatic heterocycles. The third kappa shape index (κ3) is 4.43. The molecule has 1 saturated heterocycles. The van der Waals surface area contributed by atoms with Gasteiger partial charge in [-0.15, -0.1) is 0 Å². The van der Waals surface area contributed by atoms with Gasteiger partial charge in [-0.05, 0) is 32.7 Å². The van der Waals surface area contributed by atoms with Crippen molar-refractivity contribution < 1.29 is 18.7 Å². The Morgan fingerprint density at radius 1 is 1.56 bits per heavy atom. The second-order valence-electron chi connectivity index (χ2n) is 4.56. The number of alkyl halides is 2. The molecule has 0 amide bonds. The lowest BCUT2D eigenvalue weighted by Gasteiger charge is -2.36. The van der Waals surface area contributed by atoms with Gasteiger partial charge in [0.1, 0.15) is 0 Å². The van der Waals surface area contributed by atoms with Crippen LogP contribution in [-0.2, 0) is 4.79 Å². The second kappa shape index (κ2) is 5.57. The molecule has 1 rings (SSSR count). The highest BCUT2D eigenvalue weighted by Crippen LogP contribution is 2.28. The van der Waals surface area contributed by atoms with Crippen molar-refractivity contribution in [3.05, 3.63) is 0 Å². The van der Waals surface area contributed by atoms with Crippen molar-refractivity contribution in [2.24, 2.45) is 0 Å². The molecule has 1 atom stereocenters. The summed E-state index contributed by atoms with van der Waals surface area (Å²) in [5.41, 5.74) is 0. The van der Waals surface area contributed by atoms with E-state index in [0.717, 1.165) is 0 Å². The summed E-state index contributed by atoms with van der Waals surface area (Å²) < 4.78 is 26.3. The third-order valence-corrected chi connectivity index (χ3v) is 3.06. The first kappa shape index (κ1) is 13.4. The van der Waals surface area contributed by atoms with Crippen LogP contribution in [0.4, 0.5) is 8.78 Å². The molecule has 5 heteroatoms. The number of carboxylic acids is 1. The van der Waals surface area contributed by atoms with Gasteiger partial charge in [-0.25, -0.2) is 8.78 Å². The highest BCUT2D eigenvalue weighted by atomic mass is 19.3. The number of piperidine rings is 1. The Labute approximate surface area is 94.4 Å². The molecule has 0 aliphatic carbocycles. The molecule has 0 bridgehead atoms. The number of aliphatic carboxylic acids is 1. The largest absolute Gasteiger partial charge is 0.481 e. The highest BCUT2D eigenvalue weighted by molar-refractivity contribution is 5.66. The molecule has 1 N–H and O–H groups in total. The summed E-state index contributed by atoms with van der Waals surface area (Å²) in [5.74, 6) is -3.39. The first-order valence-corrected chi connectivity index (χ1v) is 5.74. The van der Waals surface area contributed by atoms with Crippen LogP contribution >= 0.6 is 0 Å². The van der Waals surface area contributed by atoms with E-state index in [1.54, 1.807) is 4.90 Å². The van der Waals surface area contributed by atoms with E-state index in [-0.39, 0.29) is 25.4 Å². The zero-order chi connectivity index (χ0) is 12.2. The lowest BCUT2D eigenvalue weighted by Crippen LogP contribution is -2.46. The number of halogens is 2. The Morgan fingerprint density at radius 3 is 2.81 bits per heavy atom. The van der Waals surface area contributed by atoms with Gasteiger partial charge in [0.05, 0.1) is 6.54 Å². The third-order valence-electron chi connectivity index (χ3n) is 3.06. The van der Waals surface area contributed by atoms with Crippen LogP contribution in [0.25, 0.3) is 0 Å². The first-order chi connectivity index (χ1) is 7.41. The van der Waals surface area contributed by atoms with Gasteiger partial charge in [0.2, 0.25) is 0 Å². The molecule has 94 valence electrons. The fourth-order valence-electron chi connectivity index (χ4n) is 2.10. The lowest BCUT2D eigenvalue weighted by molar-refractivity contribution is -0.137. The van der Waals surface area contributed by atoms with E-state index in [1.807, 2.05) is 6.92 Å². The number of likely N-dealkylation sites (tertiary alicyclic amines) is 1. The summed E-state index contributed by atoms with van der Waals surface area (Å²) >= 11 is 0. The molecule has 0 radical (unpaired) electrons. The molecule has 0 aromatic carbocycles. The lowest BCUT2D eigenvalue weighted by atomic mass is 10.0. The number of carboxylic acid groups (broad SMARTS) is 1. The van der Waals surface area contributed by atoms with E-state index in [0.29, 0.717) is 25.8 Å². The summed E-state index contributed by atoms with van der Waals surface area (Å²) in [7, 11) is 0. The van der Waals surface area contributed by atoms with E-state index in [1.165, 1.54) is 0 Å². The molecular formula is C11H19F2NO2. The Bertz CT molecular complexity index is 246. The molecule has 0 aromatic heterocycles. The van der Waals surface area contributed by atoms with Crippen molar-refractivity contribution in [2.45, 2.75) is 51.0 Å². The van der Waals surface area contributed by atoms with Crippen LogP contribution in [0.5, 0.6) is 0 Å². The van der Waals surface area contributed by atoms with Crippen molar-refractivity contribution in [1.82, 2.24) is 4.90 Å². The van der Waals surface area contributed by atoms with Crippen molar-refractivity contribution in [3.8, 4) is 0 Å². The predicted octanol–water partition coefficient (Wildman–Crippen LogP) is 2.36. The SMILES string of the molecule is CC(CCCC(=O)O)N1CCCC(F)(F)C1. The molecule has 3 nitrogen and oxygen atoms in total. The molecule has 16 heavy (non-hydrogen) atoms. The van der Waals surface area contributed by atoms with Crippen LogP contribution in [0.3, 0.4) is 0 Å². The van der Waals surface area contributed by atoms with Crippen LogP contribution in [0.1, 0.15) is 39.0 Å². The molecular weight excluding hydrogens is 216 g/mol. The Morgan fingerprint density at radius 2 is 2.25 bits per heavy atom. The predicted molar refractivity (Wildman–Crippen MR) is 56.7 cm³/mol. The van der Waals surface area contributed by atoms with Gasteiger partial charge in [-0.1, -0.05) is 0 Å². The topological polar surface area (TPSA) is 40.5 Å². The van der Waals surface area contributed by atoms with Gasteiger partial charge in [0.15, 0.2) is 0 Å². The number of hydrogen-bond acceptors (Lipinski definition) is 2. The van der Waals surface area contributed by atoms with E-state index in [2.05, 4.69) is 0 Å². The van der Waals surface area contributed by atoms with E-state index >= 15 is 0 Å². The smallest absolute Gasteiger partial charge is 0.303 e. The van der Waals surface area contributed by atoms with Crippen molar-refractivity contribution in [3.63, 3.8) is 0 Å². The molecule has 1 unspecified atom stereocenters. The normalized spacial score (nSPS) is 22.9. The quantitative estimate of drug-likeness (QED) is 0.795. The van der Waals surface area contributed by atoms with Gasteiger partial charge in [0.25, 0.3) is 5.92 Å². The zero-order valence-electron chi connectivity index (χ0n) is 9.59. The average Bonchev–Trinajstić information content (AvgIpc) is 2.15. The first-order valence-electron chi connectivity index (χ1n) is 5.74. The van der Waals surface area contributed by atoms with Gasteiger partial charge in [-0.3, -0.25) is 9.69 Å². The maximum absolute atomic E-state index is 13.1. The highest BCUT2D eigenvalue weighted by Gasteiger charge is 2.36. The van der Waals surface area contributed by atoms with Crippen LogP contribution in [0, 0.1) is 0 Å². The van der Waals surface area contributed by atoms with Crippen LogP contribution in [-0.4, -0.2) is 41.0 Å². The Kier molecular flexibility index (Phi) is 4.65. The van der Waals surface area contributed by atoms with Crippen LogP contribution in [0.15, 0.2) is 0 Å². The maximum atomic E-state index is 13.1. The van der Waals surface area contributed by atoms with E-state index in [4.69, 9.17) is 5.11 Å². The number of nitrogens with zero attached hydrogens (tertiary/aromatic N) is 1. The average molecular weight is 235 g/mol. The summed E-state index contributed by atoms with van der Waals surface area (Å²) in [4.78, 5) is 12.1. The van der Waals surface area contributed by atoms with E-state index in [9.17, 15) is 13.6 Å². The molecule has 0 spiro atoms. The number of hydrogen-bond donors (Lipinski definition) is 1. The number of rotatable bonds is 5. The van der Waals surface area contributed by atoms with Crippen LogP contribution in [0.2, 0.25) is 0 Å². The van der Waals surface area contributed by atoms with Gasteiger partial charge < -0.3 is 5.11 Å². The molecule has 1 fully saturated rings. The minimum Gasteiger partial charge on any atom is -0.481 e. The summed E-state index contributed by atoms with van der Waals surface area (Å²) in [6, 6.07) is 0.0468. The fourth-order valence-corrected chi connectivity index (χ4v) is 2.10. The molecule has 0 aromatic rings.